The van der Waals surface area contributed by atoms with E-state index in [-0.39, 0.29) is 23.1 Å². The summed E-state index contributed by atoms with van der Waals surface area (Å²) in [6.07, 6.45) is 1.17. The van der Waals surface area contributed by atoms with Gasteiger partial charge < -0.3 is 10.3 Å². The maximum atomic E-state index is 10.2. The average Bonchev–Trinajstić information content (AvgIpc) is 2.13. The third-order valence-corrected chi connectivity index (χ3v) is 4.16. The van der Waals surface area contributed by atoms with Gasteiger partial charge in [-0.2, -0.15) is 5.06 Å². The van der Waals surface area contributed by atoms with Gasteiger partial charge in [0.1, 0.15) is 0 Å². The minimum atomic E-state index is -0.359. The molecule has 0 saturated carbocycles. The molecule has 0 bridgehead atoms. The van der Waals surface area contributed by atoms with E-state index in [2.05, 4.69) is 0 Å². The zero-order valence-electron chi connectivity index (χ0n) is 9.91. The normalized spacial score (nSPS) is 43.9. The van der Waals surface area contributed by atoms with Gasteiger partial charge in [-0.3, -0.25) is 0 Å². The van der Waals surface area contributed by atoms with Crippen molar-refractivity contribution in [3.05, 3.63) is 0 Å². The molecule has 1 saturated heterocycles. The predicted octanol–water partition coefficient (Wildman–Crippen LogP) is 2.03. The third kappa shape index (κ3) is 1.58. The Hall–Kier alpha value is -0.120. The van der Waals surface area contributed by atoms with E-state index in [1.807, 2.05) is 34.6 Å². The second-order valence-electron chi connectivity index (χ2n) is 5.38. The van der Waals surface area contributed by atoms with Crippen LogP contribution in [0.2, 0.25) is 0 Å². The van der Waals surface area contributed by atoms with Gasteiger partial charge in [0.15, 0.2) is 0 Å². The molecular formula is C11H23NO2. The van der Waals surface area contributed by atoms with Crippen molar-refractivity contribution in [3.63, 3.8) is 0 Å². The number of hydrogen-bond acceptors (Lipinski definition) is 3. The fraction of sp³-hybridized carbons (Fsp3) is 1.00. The molecule has 1 fully saturated rings. The monoisotopic (exact) mass is 201 g/mol. The molecule has 0 radical (unpaired) electrons. The fourth-order valence-corrected chi connectivity index (χ4v) is 2.37. The number of rotatable bonds is 1. The molecule has 0 aliphatic carbocycles. The maximum absolute atomic E-state index is 10.2. The number of hydroxylamine groups is 2. The van der Waals surface area contributed by atoms with Crippen LogP contribution in [-0.4, -0.2) is 32.6 Å². The van der Waals surface area contributed by atoms with Gasteiger partial charge in [0.2, 0.25) is 0 Å². The minimum Gasteiger partial charge on any atom is -0.393 e. The smallest absolute Gasteiger partial charge is 0.0602 e. The van der Waals surface area contributed by atoms with E-state index in [1.165, 1.54) is 5.06 Å². The van der Waals surface area contributed by atoms with E-state index in [0.717, 1.165) is 6.42 Å². The summed E-state index contributed by atoms with van der Waals surface area (Å²) in [6.45, 7) is 10.00. The number of aliphatic hydroxyl groups is 1. The molecular weight excluding hydrogens is 178 g/mol. The van der Waals surface area contributed by atoms with Crippen LogP contribution >= 0.6 is 0 Å². The standard InChI is InChI=1S/C11H23NO2/c1-6-11(5)7-9(13)8(2)10(3,4)12(11)14/h8-9,13-14H,6-7H2,1-5H3. The van der Waals surface area contributed by atoms with E-state index < -0.39 is 0 Å². The molecule has 2 N–H and O–H groups in total. The number of hydrogen-bond donors (Lipinski definition) is 2. The van der Waals surface area contributed by atoms with Crippen molar-refractivity contribution in [2.45, 2.75) is 64.6 Å². The summed E-state index contributed by atoms with van der Waals surface area (Å²) in [5.74, 6) is 0.0899. The summed E-state index contributed by atoms with van der Waals surface area (Å²) in [5.41, 5.74) is -0.655. The van der Waals surface area contributed by atoms with Gasteiger partial charge in [-0.05, 0) is 33.6 Å². The van der Waals surface area contributed by atoms with Gasteiger partial charge >= 0.3 is 0 Å². The van der Waals surface area contributed by atoms with Gasteiger partial charge in [0, 0.05) is 17.0 Å². The Kier molecular flexibility index (Phi) is 2.96. The number of aliphatic hydroxyl groups excluding tert-OH is 1. The highest BCUT2D eigenvalue weighted by Gasteiger charge is 2.50. The van der Waals surface area contributed by atoms with Crippen LogP contribution in [0.3, 0.4) is 0 Å². The molecule has 14 heavy (non-hydrogen) atoms. The van der Waals surface area contributed by atoms with E-state index in [9.17, 15) is 10.3 Å². The minimum absolute atomic E-state index is 0.0899. The van der Waals surface area contributed by atoms with Crippen LogP contribution in [0.4, 0.5) is 0 Å². The zero-order valence-corrected chi connectivity index (χ0v) is 9.91. The third-order valence-electron chi connectivity index (χ3n) is 4.16. The average molecular weight is 201 g/mol. The molecule has 3 unspecified atom stereocenters. The van der Waals surface area contributed by atoms with Crippen molar-refractivity contribution >= 4 is 0 Å². The molecule has 0 aromatic carbocycles. The maximum Gasteiger partial charge on any atom is 0.0602 e. The van der Waals surface area contributed by atoms with Crippen LogP contribution in [-0.2, 0) is 0 Å². The highest BCUT2D eigenvalue weighted by molar-refractivity contribution is 5.01. The molecule has 1 aliphatic rings. The van der Waals surface area contributed by atoms with Crippen molar-refractivity contribution in [2.75, 3.05) is 0 Å². The highest BCUT2D eigenvalue weighted by Crippen LogP contribution is 2.42. The second-order valence-corrected chi connectivity index (χ2v) is 5.38. The molecule has 3 atom stereocenters. The van der Waals surface area contributed by atoms with Crippen LogP contribution < -0.4 is 0 Å². The lowest BCUT2D eigenvalue weighted by Gasteiger charge is -2.55. The Morgan fingerprint density at radius 1 is 1.36 bits per heavy atom. The molecule has 0 aromatic heterocycles. The molecule has 84 valence electrons. The van der Waals surface area contributed by atoms with Gasteiger partial charge in [0.05, 0.1) is 6.10 Å². The topological polar surface area (TPSA) is 43.7 Å². The van der Waals surface area contributed by atoms with E-state index >= 15 is 0 Å². The zero-order chi connectivity index (χ0) is 11.1. The highest BCUT2D eigenvalue weighted by atomic mass is 16.5. The van der Waals surface area contributed by atoms with Crippen molar-refractivity contribution in [1.29, 1.82) is 0 Å². The molecule has 3 nitrogen and oxygen atoms in total. The first-order valence-electron chi connectivity index (χ1n) is 5.43. The predicted molar refractivity (Wildman–Crippen MR) is 56.2 cm³/mol. The van der Waals surface area contributed by atoms with Crippen LogP contribution in [0.1, 0.15) is 47.5 Å². The van der Waals surface area contributed by atoms with Crippen molar-refractivity contribution in [1.82, 2.24) is 5.06 Å². The molecule has 1 heterocycles. The van der Waals surface area contributed by atoms with E-state index in [4.69, 9.17) is 0 Å². The van der Waals surface area contributed by atoms with Crippen LogP contribution in [0.15, 0.2) is 0 Å². The van der Waals surface area contributed by atoms with E-state index in [0.29, 0.717) is 6.42 Å². The second kappa shape index (κ2) is 3.47. The lowest BCUT2D eigenvalue weighted by molar-refractivity contribution is -0.281. The molecule has 1 rings (SSSR count). The molecule has 0 aromatic rings. The summed E-state index contributed by atoms with van der Waals surface area (Å²) in [5, 5.41) is 21.6. The Labute approximate surface area is 86.7 Å². The van der Waals surface area contributed by atoms with Crippen LogP contribution in [0, 0.1) is 5.92 Å². The summed E-state index contributed by atoms with van der Waals surface area (Å²) in [6, 6.07) is 0. The number of nitrogens with zero attached hydrogens (tertiary/aromatic N) is 1. The molecule has 0 spiro atoms. The van der Waals surface area contributed by atoms with Crippen molar-refractivity contribution < 1.29 is 10.3 Å². The molecule has 1 aliphatic heterocycles. The first-order valence-corrected chi connectivity index (χ1v) is 5.43. The summed E-state index contributed by atoms with van der Waals surface area (Å²) >= 11 is 0. The van der Waals surface area contributed by atoms with Gasteiger partial charge in [0.25, 0.3) is 0 Å². The molecule has 0 amide bonds. The Morgan fingerprint density at radius 3 is 2.29 bits per heavy atom. The fourth-order valence-electron chi connectivity index (χ4n) is 2.37. The van der Waals surface area contributed by atoms with Crippen molar-refractivity contribution in [2.24, 2.45) is 5.92 Å². The SMILES string of the molecule is CCC1(C)CC(O)C(C)C(C)(C)N1O. The largest absolute Gasteiger partial charge is 0.393 e. The summed E-state index contributed by atoms with van der Waals surface area (Å²) < 4.78 is 0. The first-order chi connectivity index (χ1) is 6.25. The van der Waals surface area contributed by atoms with Crippen LogP contribution in [0.5, 0.6) is 0 Å². The van der Waals surface area contributed by atoms with Gasteiger partial charge in [-0.15, -0.1) is 0 Å². The quantitative estimate of drug-likeness (QED) is 0.682. The number of piperidine rings is 1. The Morgan fingerprint density at radius 2 is 1.86 bits per heavy atom. The van der Waals surface area contributed by atoms with Crippen LogP contribution in [0.25, 0.3) is 0 Å². The summed E-state index contributed by atoms with van der Waals surface area (Å²) in [4.78, 5) is 0. The lowest BCUT2D eigenvalue weighted by atomic mass is 9.71. The Bertz CT molecular complexity index is 213. The Balaban J connectivity index is 2.99. The van der Waals surface area contributed by atoms with E-state index in [1.54, 1.807) is 0 Å². The lowest BCUT2D eigenvalue weighted by Crippen LogP contribution is -2.65. The van der Waals surface area contributed by atoms with Gasteiger partial charge in [-0.25, -0.2) is 0 Å². The molecule has 3 heteroatoms. The summed E-state index contributed by atoms with van der Waals surface area (Å²) in [7, 11) is 0. The first kappa shape index (κ1) is 12.0. The van der Waals surface area contributed by atoms with Gasteiger partial charge in [-0.1, -0.05) is 13.8 Å². The van der Waals surface area contributed by atoms with Crippen molar-refractivity contribution in [3.8, 4) is 0 Å².